The molecule has 0 radical (unpaired) electrons. The second-order valence-electron chi connectivity index (χ2n) is 5.34. The van der Waals surface area contributed by atoms with Crippen LogP contribution in [-0.2, 0) is 0 Å². The van der Waals surface area contributed by atoms with Gasteiger partial charge in [0, 0.05) is 23.2 Å². The van der Waals surface area contributed by atoms with E-state index >= 15 is 0 Å². The van der Waals surface area contributed by atoms with E-state index in [2.05, 4.69) is 10.3 Å². The van der Waals surface area contributed by atoms with E-state index in [1.807, 2.05) is 30.3 Å². The molecule has 2 aromatic carbocycles. The van der Waals surface area contributed by atoms with E-state index in [1.54, 1.807) is 24.3 Å². The summed E-state index contributed by atoms with van der Waals surface area (Å²) < 4.78 is 0. The molecule has 1 atom stereocenters. The molecule has 3 rings (SSSR count). The van der Waals surface area contributed by atoms with Crippen LogP contribution in [0.3, 0.4) is 0 Å². The van der Waals surface area contributed by atoms with Gasteiger partial charge < -0.3 is 20.6 Å². The molecule has 0 fully saturated rings. The highest BCUT2D eigenvalue weighted by molar-refractivity contribution is 5.93. The Hall–Kier alpha value is -2.63. The highest BCUT2D eigenvalue weighted by Gasteiger charge is 2.09. The van der Waals surface area contributed by atoms with Crippen LogP contribution in [0.25, 0.3) is 22.2 Å². The Labute approximate surface area is 133 Å². The maximum absolute atomic E-state index is 9.55. The number of rotatable bonds is 5. The number of anilines is 1. The summed E-state index contributed by atoms with van der Waals surface area (Å²) >= 11 is 0. The number of aromatic nitrogens is 1. The number of hydrogen-bond acceptors (Lipinski definition) is 5. The first kappa shape index (κ1) is 15.3. The number of fused-ring (bicyclic) bond motifs is 1. The normalized spacial score (nSPS) is 12.3. The number of aliphatic hydroxyl groups excluding tert-OH is 2. The Morgan fingerprint density at radius 3 is 2.52 bits per heavy atom. The number of aromatic hydroxyl groups is 1. The highest BCUT2D eigenvalue weighted by Crippen LogP contribution is 2.29. The Morgan fingerprint density at radius 1 is 1.04 bits per heavy atom. The van der Waals surface area contributed by atoms with Crippen molar-refractivity contribution in [2.24, 2.45) is 0 Å². The van der Waals surface area contributed by atoms with Crippen molar-refractivity contribution in [2.45, 2.75) is 6.10 Å². The maximum Gasteiger partial charge on any atom is 0.115 e. The zero-order valence-electron chi connectivity index (χ0n) is 12.5. The molecular formula is C18H18N2O3. The third-order valence-corrected chi connectivity index (χ3v) is 3.62. The SMILES string of the molecule is OCC(O)CNc1cc(-c2ccc(O)cc2)nc2ccccc12. The Bertz CT molecular complexity index is 803. The van der Waals surface area contributed by atoms with Gasteiger partial charge in [0.25, 0.3) is 0 Å². The van der Waals surface area contributed by atoms with Crippen LogP contribution in [0.4, 0.5) is 5.69 Å². The van der Waals surface area contributed by atoms with Gasteiger partial charge >= 0.3 is 0 Å². The molecule has 23 heavy (non-hydrogen) atoms. The number of pyridine rings is 1. The molecule has 0 aliphatic carbocycles. The van der Waals surface area contributed by atoms with Gasteiger partial charge in [-0.25, -0.2) is 4.98 Å². The number of hydrogen-bond donors (Lipinski definition) is 4. The third-order valence-electron chi connectivity index (χ3n) is 3.62. The van der Waals surface area contributed by atoms with Crippen LogP contribution in [0, 0.1) is 0 Å². The highest BCUT2D eigenvalue weighted by atomic mass is 16.3. The van der Waals surface area contributed by atoms with Gasteiger partial charge in [-0.3, -0.25) is 0 Å². The van der Waals surface area contributed by atoms with Crippen molar-refractivity contribution < 1.29 is 15.3 Å². The van der Waals surface area contributed by atoms with Crippen LogP contribution in [0.15, 0.2) is 54.6 Å². The number of phenols is 1. The molecule has 5 heteroatoms. The molecule has 1 heterocycles. The van der Waals surface area contributed by atoms with Crippen molar-refractivity contribution in [2.75, 3.05) is 18.5 Å². The van der Waals surface area contributed by atoms with Crippen LogP contribution < -0.4 is 5.32 Å². The van der Waals surface area contributed by atoms with Gasteiger partial charge in [0.2, 0.25) is 0 Å². The number of nitrogens with zero attached hydrogens (tertiary/aromatic N) is 1. The molecule has 1 unspecified atom stereocenters. The molecule has 0 aliphatic heterocycles. The monoisotopic (exact) mass is 310 g/mol. The first-order valence-corrected chi connectivity index (χ1v) is 7.39. The summed E-state index contributed by atoms with van der Waals surface area (Å²) in [6.45, 7) is -0.0413. The summed E-state index contributed by atoms with van der Waals surface area (Å²) in [5.74, 6) is 0.207. The van der Waals surface area contributed by atoms with E-state index in [1.165, 1.54) is 0 Å². The average molecular weight is 310 g/mol. The van der Waals surface area contributed by atoms with Crippen molar-refractivity contribution >= 4 is 16.6 Å². The largest absolute Gasteiger partial charge is 0.508 e. The van der Waals surface area contributed by atoms with Crippen LogP contribution >= 0.6 is 0 Å². The van der Waals surface area contributed by atoms with Gasteiger partial charge in [-0.05, 0) is 36.4 Å². The third kappa shape index (κ3) is 3.41. The standard InChI is InChI=1S/C18H18N2O3/c21-11-14(23)10-19-18-9-17(12-5-7-13(22)8-6-12)20-16-4-2-1-3-15(16)18/h1-9,14,21-23H,10-11H2,(H,19,20). The zero-order valence-corrected chi connectivity index (χ0v) is 12.5. The smallest absolute Gasteiger partial charge is 0.115 e. The molecule has 4 N–H and O–H groups in total. The fraction of sp³-hybridized carbons (Fsp3) is 0.167. The van der Waals surface area contributed by atoms with Crippen LogP contribution in [0.2, 0.25) is 0 Å². The molecule has 5 nitrogen and oxygen atoms in total. The molecule has 0 bridgehead atoms. The second kappa shape index (κ2) is 6.64. The first-order chi connectivity index (χ1) is 11.2. The quantitative estimate of drug-likeness (QED) is 0.581. The summed E-state index contributed by atoms with van der Waals surface area (Å²) in [6, 6.07) is 16.5. The van der Waals surface area contributed by atoms with E-state index < -0.39 is 6.10 Å². The topological polar surface area (TPSA) is 85.6 Å². The van der Waals surface area contributed by atoms with E-state index in [0.717, 1.165) is 27.8 Å². The minimum Gasteiger partial charge on any atom is -0.508 e. The van der Waals surface area contributed by atoms with Gasteiger partial charge in [0.15, 0.2) is 0 Å². The predicted molar refractivity (Wildman–Crippen MR) is 90.4 cm³/mol. The van der Waals surface area contributed by atoms with Gasteiger partial charge in [0.1, 0.15) is 5.75 Å². The number of benzene rings is 2. The summed E-state index contributed by atoms with van der Waals surface area (Å²) in [4.78, 5) is 4.65. The van der Waals surface area contributed by atoms with Crippen LogP contribution in [0.5, 0.6) is 5.75 Å². The molecule has 0 amide bonds. The van der Waals surface area contributed by atoms with Crippen molar-refractivity contribution in [3.05, 3.63) is 54.6 Å². The summed E-state index contributed by atoms with van der Waals surface area (Å²) in [7, 11) is 0. The Morgan fingerprint density at radius 2 is 1.78 bits per heavy atom. The van der Waals surface area contributed by atoms with E-state index in [-0.39, 0.29) is 18.9 Å². The van der Waals surface area contributed by atoms with Crippen molar-refractivity contribution in [1.82, 2.24) is 4.98 Å². The first-order valence-electron chi connectivity index (χ1n) is 7.39. The number of aliphatic hydroxyl groups is 2. The van der Waals surface area contributed by atoms with Gasteiger partial charge in [-0.15, -0.1) is 0 Å². The predicted octanol–water partition coefficient (Wildman–Crippen LogP) is 2.37. The summed E-state index contributed by atoms with van der Waals surface area (Å²) in [5.41, 5.74) is 3.33. The lowest BCUT2D eigenvalue weighted by molar-refractivity contribution is 0.105. The van der Waals surface area contributed by atoms with Crippen LogP contribution in [0.1, 0.15) is 0 Å². The lowest BCUT2D eigenvalue weighted by Crippen LogP contribution is -2.23. The van der Waals surface area contributed by atoms with E-state index in [9.17, 15) is 10.2 Å². The Kier molecular flexibility index (Phi) is 4.41. The fourth-order valence-electron chi connectivity index (χ4n) is 2.39. The lowest BCUT2D eigenvalue weighted by atomic mass is 10.1. The molecule has 3 aromatic rings. The molecule has 118 valence electrons. The minimum atomic E-state index is -0.820. The fourth-order valence-corrected chi connectivity index (χ4v) is 2.39. The van der Waals surface area contributed by atoms with Gasteiger partial charge in [0.05, 0.1) is 23.9 Å². The van der Waals surface area contributed by atoms with Crippen molar-refractivity contribution in [3.63, 3.8) is 0 Å². The van der Waals surface area contributed by atoms with E-state index in [0.29, 0.717) is 0 Å². The average Bonchev–Trinajstić information content (AvgIpc) is 2.59. The molecule has 0 saturated carbocycles. The molecule has 0 spiro atoms. The molecule has 1 aromatic heterocycles. The maximum atomic E-state index is 9.55. The van der Waals surface area contributed by atoms with Crippen molar-refractivity contribution in [1.29, 1.82) is 0 Å². The van der Waals surface area contributed by atoms with Gasteiger partial charge in [-0.1, -0.05) is 18.2 Å². The minimum absolute atomic E-state index is 0.207. The molecule has 0 saturated heterocycles. The number of para-hydroxylation sites is 1. The number of phenolic OH excluding ortho intramolecular Hbond substituents is 1. The van der Waals surface area contributed by atoms with Gasteiger partial charge in [-0.2, -0.15) is 0 Å². The van der Waals surface area contributed by atoms with Crippen LogP contribution in [-0.4, -0.2) is 39.6 Å². The molecular weight excluding hydrogens is 292 g/mol. The molecule has 0 aliphatic rings. The zero-order chi connectivity index (χ0) is 16.2. The summed E-state index contributed by atoms with van der Waals surface area (Å²) in [5, 5.41) is 32.0. The number of nitrogens with one attached hydrogen (secondary N) is 1. The van der Waals surface area contributed by atoms with Crippen molar-refractivity contribution in [3.8, 4) is 17.0 Å². The lowest BCUT2D eigenvalue weighted by Gasteiger charge is -2.14. The summed E-state index contributed by atoms with van der Waals surface area (Å²) in [6.07, 6.45) is -0.820. The van der Waals surface area contributed by atoms with E-state index in [4.69, 9.17) is 5.11 Å². The Balaban J connectivity index is 2.04. The second-order valence-corrected chi connectivity index (χ2v) is 5.34.